The Kier molecular flexibility index (Phi) is 6.36. The van der Waals surface area contributed by atoms with Crippen molar-refractivity contribution in [1.82, 2.24) is 5.32 Å². The highest BCUT2D eigenvalue weighted by atomic mass is 35.5. The smallest absolute Gasteiger partial charge is 0.303 e. The van der Waals surface area contributed by atoms with Crippen molar-refractivity contribution in [2.24, 2.45) is 0 Å². The first-order valence-corrected chi connectivity index (χ1v) is 6.63. The molecule has 0 heterocycles. The molecule has 2 N–H and O–H groups in total. The van der Waals surface area contributed by atoms with Crippen LogP contribution in [0.2, 0.25) is 5.02 Å². The number of hydrogen-bond acceptors (Lipinski definition) is 2. The van der Waals surface area contributed by atoms with Gasteiger partial charge in [0.2, 0.25) is 5.91 Å². The van der Waals surface area contributed by atoms with Crippen LogP contribution in [0.15, 0.2) is 24.3 Å². The lowest BCUT2D eigenvalue weighted by molar-refractivity contribution is -0.137. The Balaban J connectivity index is 2.31. The van der Waals surface area contributed by atoms with Gasteiger partial charge in [0.15, 0.2) is 0 Å². The fourth-order valence-electron chi connectivity index (χ4n) is 1.71. The van der Waals surface area contributed by atoms with Crippen LogP contribution >= 0.6 is 11.6 Å². The summed E-state index contributed by atoms with van der Waals surface area (Å²) in [6.07, 6.45) is 1.58. The lowest BCUT2D eigenvalue weighted by Gasteiger charge is -2.14. The number of unbranched alkanes of at least 4 members (excludes halogenated alkanes) is 1. The second kappa shape index (κ2) is 7.79. The Morgan fingerprint density at radius 3 is 2.37 bits per heavy atom. The Morgan fingerprint density at radius 2 is 1.79 bits per heavy atom. The third kappa shape index (κ3) is 6.25. The number of carboxylic acids is 1. The van der Waals surface area contributed by atoms with Crippen molar-refractivity contribution in [3.8, 4) is 0 Å². The summed E-state index contributed by atoms with van der Waals surface area (Å²) < 4.78 is 0. The second-order valence-electron chi connectivity index (χ2n) is 4.44. The molecule has 1 aromatic rings. The number of carboxylic acid groups (broad SMARTS) is 1. The van der Waals surface area contributed by atoms with Gasteiger partial charge in [-0.25, -0.2) is 0 Å². The minimum Gasteiger partial charge on any atom is -0.481 e. The van der Waals surface area contributed by atoms with Crippen LogP contribution in [0.3, 0.4) is 0 Å². The molecule has 4 nitrogen and oxygen atoms in total. The molecule has 0 saturated carbocycles. The van der Waals surface area contributed by atoms with Gasteiger partial charge in [0.1, 0.15) is 0 Å². The van der Waals surface area contributed by atoms with E-state index in [2.05, 4.69) is 5.32 Å². The highest BCUT2D eigenvalue weighted by molar-refractivity contribution is 6.30. The first-order chi connectivity index (χ1) is 8.99. The molecular weight excluding hydrogens is 266 g/mol. The molecular formula is C14H18ClNO3. The first kappa shape index (κ1) is 15.5. The molecule has 0 aliphatic carbocycles. The molecule has 1 amide bonds. The lowest BCUT2D eigenvalue weighted by Crippen LogP contribution is -2.26. The molecule has 0 bridgehead atoms. The molecule has 0 spiro atoms. The van der Waals surface area contributed by atoms with Crippen molar-refractivity contribution < 1.29 is 14.7 Å². The third-order valence-corrected chi connectivity index (χ3v) is 3.04. The summed E-state index contributed by atoms with van der Waals surface area (Å²) in [5.74, 6) is -0.886. The molecule has 0 aromatic heterocycles. The predicted molar refractivity (Wildman–Crippen MR) is 74.1 cm³/mol. The number of amides is 1. The van der Waals surface area contributed by atoms with Crippen LogP contribution in [-0.4, -0.2) is 17.0 Å². The van der Waals surface area contributed by atoms with Gasteiger partial charge in [-0.15, -0.1) is 0 Å². The average molecular weight is 284 g/mol. The molecule has 0 radical (unpaired) electrons. The minimum absolute atomic E-state index is 0.0622. The lowest BCUT2D eigenvalue weighted by atomic mass is 10.1. The molecule has 104 valence electrons. The summed E-state index contributed by atoms with van der Waals surface area (Å²) >= 11 is 5.80. The number of aliphatic carboxylic acids is 1. The molecule has 0 saturated heterocycles. The molecule has 1 atom stereocenters. The van der Waals surface area contributed by atoms with Gasteiger partial charge in [-0.2, -0.15) is 0 Å². The van der Waals surface area contributed by atoms with Crippen molar-refractivity contribution in [2.45, 2.75) is 38.6 Å². The van der Waals surface area contributed by atoms with Gasteiger partial charge in [-0.1, -0.05) is 23.7 Å². The van der Waals surface area contributed by atoms with E-state index in [-0.39, 0.29) is 18.4 Å². The maximum absolute atomic E-state index is 11.7. The van der Waals surface area contributed by atoms with Gasteiger partial charge in [-0.05, 0) is 37.5 Å². The zero-order chi connectivity index (χ0) is 14.3. The summed E-state index contributed by atoms with van der Waals surface area (Å²) in [4.78, 5) is 22.0. The Hall–Kier alpha value is -1.55. The van der Waals surface area contributed by atoms with E-state index in [0.29, 0.717) is 24.3 Å². The number of rotatable bonds is 7. The van der Waals surface area contributed by atoms with Crippen molar-refractivity contribution in [2.75, 3.05) is 0 Å². The Morgan fingerprint density at radius 1 is 1.21 bits per heavy atom. The van der Waals surface area contributed by atoms with Crippen molar-refractivity contribution in [1.29, 1.82) is 0 Å². The van der Waals surface area contributed by atoms with Gasteiger partial charge >= 0.3 is 5.97 Å². The summed E-state index contributed by atoms with van der Waals surface area (Å²) in [6.45, 7) is 1.90. The molecule has 0 unspecified atom stereocenters. The van der Waals surface area contributed by atoms with Gasteiger partial charge in [-0.3, -0.25) is 9.59 Å². The van der Waals surface area contributed by atoms with Crippen LogP contribution in [0.1, 0.15) is 44.2 Å². The summed E-state index contributed by atoms with van der Waals surface area (Å²) in [7, 11) is 0. The number of carbonyl (C=O) groups excluding carboxylic acids is 1. The van der Waals surface area contributed by atoms with Gasteiger partial charge in [0, 0.05) is 17.9 Å². The predicted octanol–water partition coefficient (Wildman–Crippen LogP) is 3.16. The Bertz CT molecular complexity index is 431. The van der Waals surface area contributed by atoms with Gasteiger partial charge in [0.25, 0.3) is 0 Å². The van der Waals surface area contributed by atoms with Crippen LogP contribution in [0.4, 0.5) is 0 Å². The molecule has 5 heteroatoms. The van der Waals surface area contributed by atoms with Gasteiger partial charge in [0.05, 0.1) is 6.04 Å². The van der Waals surface area contributed by atoms with E-state index in [4.69, 9.17) is 16.7 Å². The van der Waals surface area contributed by atoms with E-state index in [1.54, 1.807) is 12.1 Å². The van der Waals surface area contributed by atoms with E-state index in [0.717, 1.165) is 5.56 Å². The number of carbonyl (C=O) groups is 2. The van der Waals surface area contributed by atoms with E-state index in [1.165, 1.54) is 0 Å². The summed E-state index contributed by atoms with van der Waals surface area (Å²) in [6, 6.07) is 7.23. The van der Waals surface area contributed by atoms with Crippen LogP contribution in [0.5, 0.6) is 0 Å². The largest absolute Gasteiger partial charge is 0.481 e. The summed E-state index contributed by atoms with van der Waals surface area (Å²) in [5.41, 5.74) is 0.989. The molecule has 1 aromatic carbocycles. The van der Waals surface area contributed by atoms with Crippen LogP contribution in [-0.2, 0) is 9.59 Å². The van der Waals surface area contributed by atoms with Crippen LogP contribution in [0, 0.1) is 0 Å². The standard InChI is InChI=1S/C14H18ClNO3/c1-10(11-6-8-12(15)9-7-11)16-13(17)4-2-3-5-14(18)19/h6-10H,2-5H2,1H3,(H,16,17)(H,18,19)/t10-/m0/s1. The van der Waals surface area contributed by atoms with E-state index >= 15 is 0 Å². The molecule has 0 fully saturated rings. The minimum atomic E-state index is -0.824. The fraction of sp³-hybridized carbons (Fsp3) is 0.429. The number of hydrogen-bond donors (Lipinski definition) is 2. The van der Waals surface area contributed by atoms with Crippen molar-refractivity contribution in [3.63, 3.8) is 0 Å². The number of halogens is 1. The van der Waals surface area contributed by atoms with E-state index in [9.17, 15) is 9.59 Å². The maximum Gasteiger partial charge on any atom is 0.303 e. The van der Waals surface area contributed by atoms with E-state index < -0.39 is 5.97 Å². The second-order valence-corrected chi connectivity index (χ2v) is 4.88. The zero-order valence-electron chi connectivity index (χ0n) is 10.9. The zero-order valence-corrected chi connectivity index (χ0v) is 11.6. The topological polar surface area (TPSA) is 66.4 Å². The first-order valence-electron chi connectivity index (χ1n) is 6.25. The molecule has 0 aliphatic heterocycles. The van der Waals surface area contributed by atoms with Crippen molar-refractivity contribution in [3.05, 3.63) is 34.9 Å². The van der Waals surface area contributed by atoms with Gasteiger partial charge < -0.3 is 10.4 Å². The Labute approximate surface area is 117 Å². The summed E-state index contributed by atoms with van der Waals surface area (Å²) in [5, 5.41) is 12.0. The fourth-order valence-corrected chi connectivity index (χ4v) is 1.84. The number of benzene rings is 1. The van der Waals surface area contributed by atoms with Crippen molar-refractivity contribution >= 4 is 23.5 Å². The van der Waals surface area contributed by atoms with E-state index in [1.807, 2.05) is 19.1 Å². The monoisotopic (exact) mass is 283 g/mol. The van der Waals surface area contributed by atoms with Crippen LogP contribution in [0.25, 0.3) is 0 Å². The average Bonchev–Trinajstić information content (AvgIpc) is 2.35. The molecule has 19 heavy (non-hydrogen) atoms. The molecule has 0 aliphatic rings. The highest BCUT2D eigenvalue weighted by Gasteiger charge is 2.09. The molecule has 1 rings (SSSR count). The third-order valence-electron chi connectivity index (χ3n) is 2.79. The normalized spacial score (nSPS) is 11.9. The number of nitrogens with one attached hydrogen (secondary N) is 1. The van der Waals surface area contributed by atoms with Crippen LogP contribution < -0.4 is 5.32 Å². The quantitative estimate of drug-likeness (QED) is 0.755. The SMILES string of the molecule is C[C@H](NC(=O)CCCCC(=O)O)c1ccc(Cl)cc1. The highest BCUT2D eigenvalue weighted by Crippen LogP contribution is 2.16. The maximum atomic E-state index is 11.7.